The van der Waals surface area contributed by atoms with E-state index in [1.54, 1.807) is 42.5 Å². The highest BCUT2D eigenvalue weighted by molar-refractivity contribution is 6.33. The lowest BCUT2D eigenvalue weighted by molar-refractivity contribution is 0.0511. The van der Waals surface area contributed by atoms with Gasteiger partial charge in [0, 0.05) is 38.2 Å². The van der Waals surface area contributed by atoms with Gasteiger partial charge in [-0.3, -0.25) is 0 Å². The van der Waals surface area contributed by atoms with Crippen molar-refractivity contribution in [3.8, 4) is 11.5 Å². The minimum absolute atomic E-state index is 0.0613. The quantitative estimate of drug-likeness (QED) is 0.599. The molecular weight excluding hydrogens is 420 g/mol. The molecule has 1 aromatic heterocycles. The minimum atomic E-state index is -0.289. The highest BCUT2D eigenvalue weighted by Gasteiger charge is 2.26. The molecule has 1 aliphatic heterocycles. The number of halogens is 1. The van der Waals surface area contributed by atoms with Crippen molar-refractivity contribution >= 4 is 34.9 Å². The number of carbonyl (C=O) groups excluding carboxylic acids is 1. The highest BCUT2D eigenvalue weighted by Crippen LogP contribution is 2.38. The first-order valence-electron chi connectivity index (χ1n) is 10.0. The Morgan fingerprint density at radius 3 is 2.68 bits per heavy atom. The van der Waals surface area contributed by atoms with Crippen LogP contribution in [0, 0.1) is 6.57 Å². The fraction of sp³-hybridized carbons (Fsp3) is 0.409. The third-order valence-corrected chi connectivity index (χ3v) is 5.05. The van der Waals surface area contributed by atoms with E-state index in [4.69, 9.17) is 32.4 Å². The molecule has 0 unspecified atom stereocenters. The van der Waals surface area contributed by atoms with E-state index in [1.807, 2.05) is 13.8 Å². The zero-order valence-corrected chi connectivity index (χ0v) is 18.5. The molecule has 9 heteroatoms. The Kier molecular flexibility index (Phi) is 7.42. The summed E-state index contributed by atoms with van der Waals surface area (Å²) in [5.41, 5.74) is 1.06. The summed E-state index contributed by atoms with van der Waals surface area (Å²) in [7, 11) is 1.54. The highest BCUT2D eigenvalue weighted by atomic mass is 35.5. The second-order valence-electron chi connectivity index (χ2n) is 7.33. The molecule has 0 atom stereocenters. The summed E-state index contributed by atoms with van der Waals surface area (Å²) in [6.07, 6.45) is 2.50. The van der Waals surface area contributed by atoms with Crippen LogP contribution in [0.5, 0.6) is 11.5 Å². The molecule has 8 nitrogen and oxygen atoms in total. The molecule has 3 rings (SSSR count). The van der Waals surface area contributed by atoms with Crippen LogP contribution in [-0.2, 0) is 4.74 Å². The number of nitrogens with one attached hydrogen (secondary N) is 1. The van der Waals surface area contributed by atoms with E-state index < -0.39 is 0 Å². The molecule has 1 amide bonds. The fourth-order valence-corrected chi connectivity index (χ4v) is 3.45. The molecule has 1 saturated heterocycles. The van der Waals surface area contributed by atoms with Gasteiger partial charge >= 0.3 is 6.09 Å². The molecule has 1 aromatic carbocycles. The Morgan fingerprint density at radius 2 is 2.06 bits per heavy atom. The number of pyridine rings is 1. The number of methoxy groups -OCH3 is 1. The standard InChI is InChI=1S/C22H25ClN4O4/c1-14(2)30-22(28)27-11-8-16(9-12-27)31-19-7-10-25-21(20(19)29-4)26-18-6-5-15(24-3)13-17(18)23/h5-7,10,13-14,16H,8-9,11-12H2,1-2,4H3,(H,25,26). The van der Waals surface area contributed by atoms with E-state index in [9.17, 15) is 4.79 Å². The summed E-state index contributed by atoms with van der Waals surface area (Å²) in [4.78, 5) is 21.5. The zero-order chi connectivity index (χ0) is 22.4. The van der Waals surface area contributed by atoms with Gasteiger partial charge < -0.3 is 24.4 Å². The molecule has 164 valence electrons. The van der Waals surface area contributed by atoms with E-state index in [0.717, 1.165) is 0 Å². The molecule has 1 aliphatic rings. The first kappa shape index (κ1) is 22.5. The van der Waals surface area contributed by atoms with Crippen LogP contribution in [0.1, 0.15) is 26.7 Å². The molecule has 0 aliphatic carbocycles. The van der Waals surface area contributed by atoms with E-state index in [-0.39, 0.29) is 18.3 Å². The van der Waals surface area contributed by atoms with Crippen LogP contribution in [-0.4, -0.2) is 48.4 Å². The normalized spacial score (nSPS) is 14.1. The van der Waals surface area contributed by atoms with E-state index in [0.29, 0.717) is 59.6 Å². The van der Waals surface area contributed by atoms with Gasteiger partial charge in [-0.2, -0.15) is 0 Å². The van der Waals surface area contributed by atoms with Crippen molar-refractivity contribution in [3.63, 3.8) is 0 Å². The molecule has 1 N–H and O–H groups in total. The number of hydrogen-bond acceptors (Lipinski definition) is 6. The Hall–Kier alpha value is -3.18. The van der Waals surface area contributed by atoms with Crippen LogP contribution in [0.3, 0.4) is 0 Å². The minimum Gasteiger partial charge on any atom is -0.490 e. The van der Waals surface area contributed by atoms with Gasteiger partial charge in [0.05, 0.1) is 30.5 Å². The number of nitrogens with zero attached hydrogens (tertiary/aromatic N) is 3. The summed E-state index contributed by atoms with van der Waals surface area (Å²) in [5, 5.41) is 3.55. The number of carbonyl (C=O) groups is 1. The lowest BCUT2D eigenvalue weighted by atomic mass is 10.1. The van der Waals surface area contributed by atoms with E-state index in [1.165, 1.54) is 0 Å². The van der Waals surface area contributed by atoms with Crippen LogP contribution in [0.4, 0.5) is 22.0 Å². The summed E-state index contributed by atoms with van der Waals surface area (Å²) in [5.74, 6) is 1.46. The van der Waals surface area contributed by atoms with Crippen molar-refractivity contribution in [1.29, 1.82) is 0 Å². The van der Waals surface area contributed by atoms with Crippen molar-refractivity contribution in [3.05, 3.63) is 46.9 Å². The van der Waals surface area contributed by atoms with Crippen LogP contribution in [0.2, 0.25) is 5.02 Å². The van der Waals surface area contributed by atoms with Crippen molar-refractivity contribution in [1.82, 2.24) is 9.88 Å². The molecule has 2 aromatic rings. The number of hydrogen-bond donors (Lipinski definition) is 1. The topological polar surface area (TPSA) is 77.3 Å². The molecule has 0 spiro atoms. The van der Waals surface area contributed by atoms with Gasteiger partial charge in [-0.05, 0) is 26.0 Å². The number of ether oxygens (including phenoxy) is 3. The molecule has 0 radical (unpaired) electrons. The van der Waals surface area contributed by atoms with Gasteiger partial charge in [-0.15, -0.1) is 0 Å². The smallest absolute Gasteiger partial charge is 0.410 e. The second-order valence-corrected chi connectivity index (χ2v) is 7.74. The molecule has 2 heterocycles. The molecule has 0 bridgehead atoms. The van der Waals surface area contributed by atoms with Crippen molar-refractivity contribution in [2.45, 2.75) is 38.9 Å². The lowest BCUT2D eigenvalue weighted by Crippen LogP contribution is -2.42. The number of likely N-dealkylation sites (tertiary alicyclic amines) is 1. The maximum Gasteiger partial charge on any atom is 0.410 e. The monoisotopic (exact) mass is 444 g/mol. The van der Waals surface area contributed by atoms with Crippen LogP contribution in [0.15, 0.2) is 30.5 Å². The van der Waals surface area contributed by atoms with Crippen molar-refractivity contribution < 1.29 is 19.0 Å². The Bertz CT molecular complexity index is 968. The first-order chi connectivity index (χ1) is 14.9. The average molecular weight is 445 g/mol. The van der Waals surface area contributed by atoms with Crippen LogP contribution >= 0.6 is 11.6 Å². The number of benzene rings is 1. The van der Waals surface area contributed by atoms with Gasteiger partial charge in [-0.1, -0.05) is 17.7 Å². The predicted octanol–water partition coefficient (Wildman–Crippen LogP) is 5.43. The molecule has 31 heavy (non-hydrogen) atoms. The van der Waals surface area contributed by atoms with Gasteiger partial charge in [0.2, 0.25) is 5.75 Å². The number of rotatable bonds is 6. The van der Waals surface area contributed by atoms with Gasteiger partial charge in [0.1, 0.15) is 6.10 Å². The Morgan fingerprint density at radius 1 is 1.32 bits per heavy atom. The van der Waals surface area contributed by atoms with Gasteiger partial charge in [0.15, 0.2) is 17.3 Å². The van der Waals surface area contributed by atoms with Crippen LogP contribution in [0.25, 0.3) is 4.85 Å². The summed E-state index contributed by atoms with van der Waals surface area (Å²) in [6.45, 7) is 11.9. The van der Waals surface area contributed by atoms with E-state index >= 15 is 0 Å². The van der Waals surface area contributed by atoms with Crippen molar-refractivity contribution in [2.75, 3.05) is 25.5 Å². The largest absolute Gasteiger partial charge is 0.490 e. The third kappa shape index (κ3) is 5.70. The number of aromatic nitrogens is 1. The molecule has 1 fully saturated rings. The molecule has 0 saturated carbocycles. The zero-order valence-electron chi connectivity index (χ0n) is 17.7. The molecular formula is C22H25ClN4O4. The van der Waals surface area contributed by atoms with Crippen LogP contribution < -0.4 is 14.8 Å². The number of amides is 1. The maximum atomic E-state index is 12.1. The van der Waals surface area contributed by atoms with E-state index in [2.05, 4.69) is 15.1 Å². The SMILES string of the molecule is [C-]#[N+]c1ccc(Nc2nccc(OC3CCN(C(=O)OC(C)C)CC3)c2OC)c(Cl)c1. The average Bonchev–Trinajstić information content (AvgIpc) is 2.75. The third-order valence-electron chi connectivity index (χ3n) is 4.74. The van der Waals surface area contributed by atoms with Crippen molar-refractivity contribution in [2.24, 2.45) is 0 Å². The summed E-state index contributed by atoms with van der Waals surface area (Å²) >= 11 is 6.27. The summed E-state index contributed by atoms with van der Waals surface area (Å²) < 4.78 is 17.0. The lowest BCUT2D eigenvalue weighted by Gasteiger charge is -2.32. The Balaban J connectivity index is 1.68. The summed E-state index contributed by atoms with van der Waals surface area (Å²) in [6, 6.07) is 6.72. The van der Waals surface area contributed by atoms with Gasteiger partial charge in [0.25, 0.3) is 0 Å². The van der Waals surface area contributed by atoms with Gasteiger partial charge in [-0.25, -0.2) is 14.6 Å². The maximum absolute atomic E-state index is 12.1. The second kappa shape index (κ2) is 10.2. The number of anilines is 2. The predicted molar refractivity (Wildman–Crippen MR) is 119 cm³/mol. The number of piperidine rings is 1. The Labute approximate surface area is 186 Å². The first-order valence-corrected chi connectivity index (χ1v) is 10.4. The fourth-order valence-electron chi connectivity index (χ4n) is 3.22.